The van der Waals surface area contributed by atoms with Gasteiger partial charge in [-0.3, -0.25) is 4.79 Å². The van der Waals surface area contributed by atoms with Gasteiger partial charge in [0.15, 0.2) is 0 Å². The van der Waals surface area contributed by atoms with E-state index in [9.17, 15) is 4.79 Å². The van der Waals surface area contributed by atoms with E-state index in [0.717, 1.165) is 23.1 Å². The molecule has 0 radical (unpaired) electrons. The van der Waals surface area contributed by atoms with E-state index in [-0.39, 0.29) is 5.91 Å². The lowest BCUT2D eigenvalue weighted by atomic mass is 9.68. The quantitative estimate of drug-likeness (QED) is 0.393. The van der Waals surface area contributed by atoms with Crippen LogP contribution in [0.1, 0.15) is 27.8 Å². The number of carbonyl (C=O) groups excluding carboxylic acids is 1. The van der Waals surface area contributed by atoms with Crippen LogP contribution < -0.4 is 5.32 Å². The molecular weight excluding hydrogens is 378 g/mol. The Balaban J connectivity index is 1.74. The summed E-state index contributed by atoms with van der Waals surface area (Å²) in [5.41, 5.74) is 4.41. The van der Waals surface area contributed by atoms with Crippen molar-refractivity contribution in [2.45, 2.75) is 18.8 Å². The molecule has 0 aromatic heterocycles. The first-order valence-electron chi connectivity index (χ1n) is 10.7. The van der Waals surface area contributed by atoms with E-state index in [4.69, 9.17) is 0 Å². The third kappa shape index (κ3) is 4.29. The van der Waals surface area contributed by atoms with Gasteiger partial charge in [-0.2, -0.15) is 0 Å². The molecule has 1 N–H and O–H groups in total. The first-order valence-corrected chi connectivity index (χ1v) is 10.7. The Bertz CT molecular complexity index is 1010. The van der Waals surface area contributed by atoms with E-state index in [1.165, 1.54) is 11.1 Å². The summed E-state index contributed by atoms with van der Waals surface area (Å²) < 4.78 is 0. The van der Waals surface area contributed by atoms with Crippen molar-refractivity contribution in [1.29, 1.82) is 0 Å². The van der Waals surface area contributed by atoms with E-state index >= 15 is 0 Å². The van der Waals surface area contributed by atoms with Crippen molar-refractivity contribution in [3.05, 3.63) is 143 Å². The van der Waals surface area contributed by atoms with Crippen molar-refractivity contribution in [1.82, 2.24) is 5.32 Å². The summed E-state index contributed by atoms with van der Waals surface area (Å²) >= 11 is 0. The molecule has 0 aliphatic heterocycles. The highest BCUT2D eigenvalue weighted by Crippen LogP contribution is 2.39. The summed E-state index contributed by atoms with van der Waals surface area (Å²) in [5.74, 6) is -0.0109. The number of carbonyl (C=O) groups is 1. The van der Waals surface area contributed by atoms with E-state index in [2.05, 4.69) is 36.5 Å². The molecule has 154 valence electrons. The number of benzene rings is 4. The number of amides is 1. The molecule has 0 saturated heterocycles. The average Bonchev–Trinajstić information content (AvgIpc) is 2.83. The first-order chi connectivity index (χ1) is 15.2. The Morgan fingerprint density at radius 2 is 1.06 bits per heavy atom. The molecule has 0 unspecified atom stereocenters. The van der Waals surface area contributed by atoms with Gasteiger partial charge in [0.1, 0.15) is 5.41 Å². The second-order valence-corrected chi connectivity index (χ2v) is 7.84. The molecule has 4 aromatic rings. The Labute approximate surface area is 184 Å². The Hall–Kier alpha value is -3.65. The molecule has 0 bridgehead atoms. The van der Waals surface area contributed by atoms with Gasteiger partial charge in [-0.1, -0.05) is 121 Å². The summed E-state index contributed by atoms with van der Waals surface area (Å²) in [6.45, 7) is 2.66. The smallest absolute Gasteiger partial charge is 0.239 e. The fraction of sp³-hybridized carbons (Fsp3) is 0.138. The first kappa shape index (κ1) is 20.6. The fourth-order valence-electron chi connectivity index (χ4n) is 4.17. The monoisotopic (exact) mass is 405 g/mol. The number of hydrogen-bond acceptors (Lipinski definition) is 1. The third-order valence-corrected chi connectivity index (χ3v) is 5.78. The second kappa shape index (κ2) is 9.44. The molecule has 31 heavy (non-hydrogen) atoms. The molecule has 0 aliphatic rings. The second-order valence-electron chi connectivity index (χ2n) is 7.84. The number of aryl methyl sites for hydroxylation is 1. The highest BCUT2D eigenvalue weighted by Gasteiger charge is 2.43. The van der Waals surface area contributed by atoms with Gasteiger partial charge in [0, 0.05) is 6.54 Å². The van der Waals surface area contributed by atoms with Crippen LogP contribution >= 0.6 is 0 Å². The van der Waals surface area contributed by atoms with Crippen LogP contribution in [0, 0.1) is 6.92 Å². The van der Waals surface area contributed by atoms with Crippen LogP contribution in [-0.4, -0.2) is 12.5 Å². The van der Waals surface area contributed by atoms with Crippen molar-refractivity contribution in [3.63, 3.8) is 0 Å². The number of rotatable bonds is 7. The average molecular weight is 406 g/mol. The van der Waals surface area contributed by atoms with Crippen LogP contribution in [0.3, 0.4) is 0 Å². The van der Waals surface area contributed by atoms with Crippen LogP contribution in [0.25, 0.3) is 0 Å². The van der Waals surface area contributed by atoms with E-state index in [1.807, 2.05) is 91.0 Å². The Morgan fingerprint density at radius 1 is 0.645 bits per heavy atom. The highest BCUT2D eigenvalue weighted by molar-refractivity contribution is 5.96. The predicted molar refractivity (Wildman–Crippen MR) is 127 cm³/mol. The topological polar surface area (TPSA) is 29.1 Å². The summed E-state index contributed by atoms with van der Waals surface area (Å²) in [5, 5.41) is 3.24. The summed E-state index contributed by atoms with van der Waals surface area (Å²) in [6, 6.07) is 38.6. The van der Waals surface area contributed by atoms with Gasteiger partial charge >= 0.3 is 0 Å². The van der Waals surface area contributed by atoms with Gasteiger partial charge in [-0.25, -0.2) is 0 Å². The maximum absolute atomic E-state index is 14.0. The van der Waals surface area contributed by atoms with Crippen LogP contribution in [0.15, 0.2) is 115 Å². The third-order valence-electron chi connectivity index (χ3n) is 5.78. The lowest BCUT2D eigenvalue weighted by Crippen LogP contribution is -2.46. The predicted octanol–water partition coefficient (Wildman–Crippen LogP) is 5.69. The largest absolute Gasteiger partial charge is 0.354 e. The molecular formula is C29H27NO. The van der Waals surface area contributed by atoms with Crippen LogP contribution in [0.5, 0.6) is 0 Å². The summed E-state index contributed by atoms with van der Waals surface area (Å²) in [7, 11) is 0. The molecule has 2 heteroatoms. The van der Waals surface area contributed by atoms with Gasteiger partial charge in [0.05, 0.1) is 0 Å². The zero-order valence-electron chi connectivity index (χ0n) is 17.8. The molecule has 0 saturated carbocycles. The summed E-state index contributed by atoms with van der Waals surface area (Å²) in [6.07, 6.45) is 0.792. The molecule has 2 nitrogen and oxygen atoms in total. The van der Waals surface area contributed by atoms with Gasteiger partial charge in [-0.05, 0) is 35.6 Å². The van der Waals surface area contributed by atoms with Gasteiger partial charge in [0.2, 0.25) is 5.91 Å². The fourth-order valence-corrected chi connectivity index (χ4v) is 4.17. The zero-order valence-corrected chi connectivity index (χ0v) is 17.8. The van der Waals surface area contributed by atoms with Gasteiger partial charge < -0.3 is 5.32 Å². The lowest BCUT2D eigenvalue weighted by molar-refractivity contribution is -0.124. The molecule has 0 atom stereocenters. The van der Waals surface area contributed by atoms with Crippen LogP contribution in [0.4, 0.5) is 0 Å². The minimum Gasteiger partial charge on any atom is -0.354 e. The molecule has 1 amide bonds. The maximum atomic E-state index is 14.0. The minimum atomic E-state index is -0.920. The standard InChI is InChI=1S/C29H27NO/c1-23-17-19-24(20-18-23)21-22-30-28(31)29(25-11-5-2-6-12-25,26-13-7-3-8-14-26)27-15-9-4-10-16-27/h2-20H,21-22H2,1H3,(H,30,31). The van der Waals surface area contributed by atoms with Gasteiger partial charge in [0.25, 0.3) is 0 Å². The lowest BCUT2D eigenvalue weighted by Gasteiger charge is -2.34. The number of hydrogen-bond donors (Lipinski definition) is 1. The van der Waals surface area contributed by atoms with E-state index < -0.39 is 5.41 Å². The van der Waals surface area contributed by atoms with Crippen molar-refractivity contribution < 1.29 is 4.79 Å². The molecule has 0 fully saturated rings. The summed E-state index contributed by atoms with van der Waals surface area (Å²) in [4.78, 5) is 14.0. The SMILES string of the molecule is Cc1ccc(CCNC(=O)C(c2ccccc2)(c2ccccc2)c2ccccc2)cc1. The zero-order chi connectivity index (χ0) is 21.5. The normalized spacial score (nSPS) is 11.1. The van der Waals surface area contributed by atoms with E-state index in [1.54, 1.807) is 0 Å². The van der Waals surface area contributed by atoms with Crippen molar-refractivity contribution in [2.75, 3.05) is 6.54 Å². The molecule has 0 spiro atoms. The van der Waals surface area contributed by atoms with Crippen molar-refractivity contribution in [3.8, 4) is 0 Å². The van der Waals surface area contributed by atoms with Crippen LogP contribution in [-0.2, 0) is 16.6 Å². The molecule has 0 heterocycles. The Morgan fingerprint density at radius 3 is 1.48 bits per heavy atom. The van der Waals surface area contributed by atoms with Crippen LogP contribution in [0.2, 0.25) is 0 Å². The number of nitrogens with one attached hydrogen (secondary N) is 1. The molecule has 4 rings (SSSR count). The van der Waals surface area contributed by atoms with Gasteiger partial charge in [-0.15, -0.1) is 0 Å². The molecule has 4 aromatic carbocycles. The maximum Gasteiger partial charge on any atom is 0.239 e. The van der Waals surface area contributed by atoms with Crippen molar-refractivity contribution in [2.24, 2.45) is 0 Å². The molecule has 0 aliphatic carbocycles. The minimum absolute atomic E-state index is 0.0109. The van der Waals surface area contributed by atoms with E-state index in [0.29, 0.717) is 6.54 Å². The Kier molecular flexibility index (Phi) is 6.28. The van der Waals surface area contributed by atoms with Crippen molar-refractivity contribution >= 4 is 5.91 Å². The highest BCUT2D eigenvalue weighted by atomic mass is 16.2.